The number of nitrogens with two attached hydrogens (primary N) is 1. The third-order valence-electron chi connectivity index (χ3n) is 3.01. The fourth-order valence-corrected chi connectivity index (χ4v) is 3.26. The molecule has 0 fully saturated rings. The molecule has 0 bridgehead atoms. The number of para-hydroxylation sites is 1. The van der Waals surface area contributed by atoms with Crippen LogP contribution in [0.2, 0.25) is 0 Å². The molecule has 0 saturated carbocycles. The Bertz CT molecular complexity index is 719. The zero-order chi connectivity index (χ0) is 14.8. The van der Waals surface area contributed by atoms with Gasteiger partial charge in [-0.2, -0.15) is 0 Å². The summed E-state index contributed by atoms with van der Waals surface area (Å²) in [6.07, 6.45) is 1.59. The summed E-state index contributed by atoms with van der Waals surface area (Å²) in [5.41, 5.74) is 4.21. The van der Waals surface area contributed by atoms with Crippen LogP contribution in [0.25, 0.3) is 10.9 Å². The largest absolute Gasteiger partial charge is 0.271 e. The molecule has 0 spiro atoms. The van der Waals surface area contributed by atoms with Crippen molar-refractivity contribution in [2.45, 2.75) is 12.5 Å². The molecule has 0 amide bonds. The first-order valence-corrected chi connectivity index (χ1v) is 8.95. The van der Waals surface area contributed by atoms with Gasteiger partial charge in [-0.3, -0.25) is 11.3 Å². The van der Waals surface area contributed by atoms with Crippen molar-refractivity contribution in [2.24, 2.45) is 5.84 Å². The maximum absolute atomic E-state index is 11.3. The lowest BCUT2D eigenvalue weighted by Gasteiger charge is -2.17. The van der Waals surface area contributed by atoms with Crippen molar-refractivity contribution in [3.63, 3.8) is 0 Å². The Morgan fingerprint density at radius 1 is 1.40 bits per heavy atom. The van der Waals surface area contributed by atoms with Crippen LogP contribution in [0.15, 0.2) is 34.8 Å². The van der Waals surface area contributed by atoms with Crippen LogP contribution < -0.4 is 11.3 Å². The Morgan fingerprint density at radius 2 is 2.10 bits per heavy atom. The highest BCUT2D eigenvalue weighted by molar-refractivity contribution is 9.10. The molecule has 5 nitrogen and oxygen atoms in total. The smallest absolute Gasteiger partial charge is 0.147 e. The molecule has 2 aromatic rings. The van der Waals surface area contributed by atoms with Crippen LogP contribution in [-0.2, 0) is 9.84 Å². The van der Waals surface area contributed by atoms with E-state index >= 15 is 0 Å². The Morgan fingerprint density at radius 3 is 2.75 bits per heavy atom. The number of hydrogen-bond donors (Lipinski definition) is 2. The van der Waals surface area contributed by atoms with E-state index in [0.29, 0.717) is 6.42 Å². The van der Waals surface area contributed by atoms with Gasteiger partial charge in [0.25, 0.3) is 0 Å². The standard InChI is InChI=1S/C13H16BrN3O2S/c1-20(18,19)7-6-12(17-15)13-10(14)8-9-4-2-3-5-11(9)16-13/h2-5,8,12,17H,6-7,15H2,1H3. The fraction of sp³-hybridized carbons (Fsp3) is 0.308. The summed E-state index contributed by atoms with van der Waals surface area (Å²) in [7, 11) is -3.03. The molecule has 1 aromatic carbocycles. The van der Waals surface area contributed by atoms with Crippen LogP contribution in [0.3, 0.4) is 0 Å². The number of benzene rings is 1. The third kappa shape index (κ3) is 3.76. The molecule has 1 aromatic heterocycles. The minimum Gasteiger partial charge on any atom is -0.271 e. The summed E-state index contributed by atoms with van der Waals surface area (Å²) in [5, 5.41) is 1.02. The van der Waals surface area contributed by atoms with E-state index in [4.69, 9.17) is 5.84 Å². The first kappa shape index (κ1) is 15.4. The van der Waals surface area contributed by atoms with Gasteiger partial charge in [0.2, 0.25) is 0 Å². The third-order valence-corrected chi connectivity index (χ3v) is 4.63. The second kappa shape index (κ2) is 6.17. The highest BCUT2D eigenvalue weighted by Crippen LogP contribution is 2.27. The van der Waals surface area contributed by atoms with E-state index in [2.05, 4.69) is 26.3 Å². The molecule has 0 radical (unpaired) electrons. The zero-order valence-corrected chi connectivity index (χ0v) is 13.4. The molecule has 7 heteroatoms. The van der Waals surface area contributed by atoms with Crippen molar-refractivity contribution in [3.8, 4) is 0 Å². The predicted octanol–water partition coefficient (Wildman–Crippen LogP) is 1.94. The molecule has 0 aliphatic heterocycles. The van der Waals surface area contributed by atoms with Gasteiger partial charge < -0.3 is 0 Å². The summed E-state index contributed by atoms with van der Waals surface area (Å²) in [6.45, 7) is 0. The number of aromatic nitrogens is 1. The second-order valence-electron chi connectivity index (χ2n) is 4.69. The Balaban J connectivity index is 2.36. The molecule has 0 saturated heterocycles. The topological polar surface area (TPSA) is 85.1 Å². The highest BCUT2D eigenvalue weighted by atomic mass is 79.9. The van der Waals surface area contributed by atoms with Gasteiger partial charge in [-0.25, -0.2) is 13.4 Å². The quantitative estimate of drug-likeness (QED) is 0.630. The number of fused-ring (bicyclic) bond motifs is 1. The minimum absolute atomic E-state index is 0.0583. The molecule has 1 unspecified atom stereocenters. The van der Waals surface area contributed by atoms with Crippen molar-refractivity contribution < 1.29 is 8.42 Å². The number of rotatable bonds is 5. The summed E-state index contributed by atoms with van der Waals surface area (Å²) in [5.74, 6) is 5.60. The van der Waals surface area contributed by atoms with Crippen LogP contribution in [0.5, 0.6) is 0 Å². The normalized spacial score (nSPS) is 13.6. The van der Waals surface area contributed by atoms with E-state index in [-0.39, 0.29) is 11.8 Å². The number of sulfone groups is 1. The van der Waals surface area contributed by atoms with Gasteiger partial charge in [0.1, 0.15) is 9.84 Å². The zero-order valence-electron chi connectivity index (χ0n) is 11.0. The Kier molecular flexibility index (Phi) is 4.74. The Labute approximate surface area is 126 Å². The van der Waals surface area contributed by atoms with Gasteiger partial charge in [-0.05, 0) is 34.5 Å². The average molecular weight is 358 g/mol. The van der Waals surface area contributed by atoms with E-state index in [1.165, 1.54) is 6.26 Å². The molecule has 2 rings (SSSR count). The van der Waals surface area contributed by atoms with Crippen molar-refractivity contribution in [1.29, 1.82) is 0 Å². The number of pyridine rings is 1. The van der Waals surface area contributed by atoms with Crippen LogP contribution in [0.4, 0.5) is 0 Å². The predicted molar refractivity (Wildman–Crippen MR) is 83.8 cm³/mol. The number of halogens is 1. The summed E-state index contributed by atoms with van der Waals surface area (Å²) < 4.78 is 23.4. The lowest BCUT2D eigenvalue weighted by atomic mass is 10.1. The van der Waals surface area contributed by atoms with Crippen LogP contribution in [0, 0.1) is 0 Å². The van der Waals surface area contributed by atoms with Gasteiger partial charge in [-0.1, -0.05) is 18.2 Å². The Hall–Kier alpha value is -1.02. The van der Waals surface area contributed by atoms with Gasteiger partial charge in [0.15, 0.2) is 0 Å². The van der Waals surface area contributed by atoms with E-state index in [0.717, 1.165) is 21.1 Å². The van der Waals surface area contributed by atoms with E-state index < -0.39 is 9.84 Å². The average Bonchev–Trinajstić information content (AvgIpc) is 2.38. The monoisotopic (exact) mass is 357 g/mol. The molecule has 0 aliphatic rings. The number of nitrogens with zero attached hydrogens (tertiary/aromatic N) is 1. The van der Waals surface area contributed by atoms with Gasteiger partial charge in [0, 0.05) is 16.1 Å². The maximum atomic E-state index is 11.3. The first-order valence-electron chi connectivity index (χ1n) is 6.10. The maximum Gasteiger partial charge on any atom is 0.147 e. The molecular weight excluding hydrogens is 342 g/mol. The van der Waals surface area contributed by atoms with Crippen molar-refractivity contribution >= 4 is 36.7 Å². The second-order valence-corrected chi connectivity index (χ2v) is 7.80. The fourth-order valence-electron chi connectivity index (χ4n) is 1.98. The summed E-state index contributed by atoms with van der Waals surface area (Å²) in [4.78, 5) is 4.56. The van der Waals surface area contributed by atoms with Gasteiger partial charge in [-0.15, -0.1) is 0 Å². The lowest BCUT2D eigenvalue weighted by molar-refractivity contribution is 0.519. The summed E-state index contributed by atoms with van der Waals surface area (Å²) in [6, 6.07) is 9.38. The van der Waals surface area contributed by atoms with Gasteiger partial charge in [0.05, 0.1) is 23.0 Å². The molecule has 0 aliphatic carbocycles. The number of hydrazine groups is 1. The molecule has 20 heavy (non-hydrogen) atoms. The summed E-state index contributed by atoms with van der Waals surface area (Å²) >= 11 is 3.47. The molecule has 1 heterocycles. The minimum atomic E-state index is -3.03. The molecular formula is C13H16BrN3O2S. The highest BCUT2D eigenvalue weighted by Gasteiger charge is 2.17. The van der Waals surface area contributed by atoms with E-state index in [9.17, 15) is 8.42 Å². The lowest BCUT2D eigenvalue weighted by Crippen LogP contribution is -2.30. The van der Waals surface area contributed by atoms with E-state index in [1.807, 2.05) is 30.3 Å². The molecule has 3 N–H and O–H groups in total. The van der Waals surface area contributed by atoms with E-state index in [1.54, 1.807) is 0 Å². The van der Waals surface area contributed by atoms with Crippen molar-refractivity contribution in [2.75, 3.05) is 12.0 Å². The van der Waals surface area contributed by atoms with Gasteiger partial charge >= 0.3 is 0 Å². The molecule has 1 atom stereocenters. The van der Waals surface area contributed by atoms with Crippen LogP contribution in [-0.4, -0.2) is 25.4 Å². The number of hydrogen-bond acceptors (Lipinski definition) is 5. The van der Waals surface area contributed by atoms with Crippen molar-refractivity contribution in [3.05, 3.63) is 40.5 Å². The SMILES string of the molecule is CS(=O)(=O)CCC(NN)c1nc2ccccc2cc1Br. The number of nitrogens with one attached hydrogen (secondary N) is 1. The van der Waals surface area contributed by atoms with Crippen LogP contribution >= 0.6 is 15.9 Å². The van der Waals surface area contributed by atoms with Crippen LogP contribution in [0.1, 0.15) is 18.2 Å². The van der Waals surface area contributed by atoms with Crippen molar-refractivity contribution in [1.82, 2.24) is 10.4 Å². The molecule has 108 valence electrons. The first-order chi connectivity index (χ1) is 9.40.